The number of primary amides is 1. The van der Waals surface area contributed by atoms with Crippen LogP contribution < -0.4 is 11.1 Å². The van der Waals surface area contributed by atoms with E-state index in [9.17, 15) is 4.79 Å². The highest BCUT2D eigenvalue weighted by Gasteiger charge is 2.46. The Labute approximate surface area is 128 Å². The molecule has 3 rings (SSSR count). The van der Waals surface area contributed by atoms with Crippen LogP contribution in [0.1, 0.15) is 65.2 Å². The maximum atomic E-state index is 12.1. The predicted octanol–water partition coefficient (Wildman–Crippen LogP) is 2.03. The van der Waals surface area contributed by atoms with Gasteiger partial charge in [-0.25, -0.2) is 0 Å². The molecule has 0 aromatic heterocycles. The molecule has 3 saturated carbocycles. The van der Waals surface area contributed by atoms with Crippen molar-refractivity contribution in [3.8, 4) is 0 Å². The van der Waals surface area contributed by atoms with Crippen molar-refractivity contribution in [3.05, 3.63) is 0 Å². The Balaban J connectivity index is 1.71. The van der Waals surface area contributed by atoms with E-state index in [4.69, 9.17) is 5.73 Å². The first-order chi connectivity index (χ1) is 10.00. The third-order valence-corrected chi connectivity index (χ3v) is 5.41. The molecule has 0 aromatic carbocycles. The number of amides is 1. The number of hydrogen-bond donors (Lipinski definition) is 2. The zero-order chi connectivity index (χ0) is 15.0. The van der Waals surface area contributed by atoms with Crippen LogP contribution in [-0.4, -0.2) is 41.0 Å². The van der Waals surface area contributed by atoms with Gasteiger partial charge in [-0.2, -0.15) is 0 Å². The van der Waals surface area contributed by atoms with Crippen LogP contribution in [0, 0.1) is 5.92 Å². The Morgan fingerprint density at radius 3 is 2.48 bits per heavy atom. The Bertz CT molecular complexity index is 389. The van der Waals surface area contributed by atoms with Crippen LogP contribution in [0.25, 0.3) is 0 Å². The van der Waals surface area contributed by atoms with Crippen molar-refractivity contribution in [3.63, 3.8) is 0 Å². The molecule has 4 nitrogen and oxygen atoms in total. The molecule has 3 fully saturated rings. The number of rotatable bonds is 7. The normalized spacial score (nSPS) is 33.6. The van der Waals surface area contributed by atoms with Crippen LogP contribution in [0.5, 0.6) is 0 Å². The summed E-state index contributed by atoms with van der Waals surface area (Å²) in [5, 5.41) is 3.51. The van der Waals surface area contributed by atoms with Crippen molar-refractivity contribution in [2.45, 2.75) is 88.9 Å². The van der Waals surface area contributed by atoms with Crippen molar-refractivity contribution in [1.29, 1.82) is 0 Å². The van der Waals surface area contributed by atoms with Gasteiger partial charge in [-0.05, 0) is 71.1 Å². The summed E-state index contributed by atoms with van der Waals surface area (Å²) in [7, 11) is 0. The summed E-state index contributed by atoms with van der Waals surface area (Å²) in [4.78, 5) is 14.9. The standard InChI is InChI=1S/C17H31N3O/c1-12(2)19-17(16(18)21)9-3-4-15(10-17)20(14-7-8-14)11-13-5-6-13/h12-15,19H,3-11H2,1-2H3,(H2,18,21). The minimum absolute atomic E-state index is 0.150. The average Bonchev–Trinajstić information content (AvgIpc) is 3.28. The molecule has 0 spiro atoms. The molecule has 4 heteroatoms. The van der Waals surface area contributed by atoms with Crippen LogP contribution in [0.4, 0.5) is 0 Å². The van der Waals surface area contributed by atoms with E-state index in [0.29, 0.717) is 12.1 Å². The minimum atomic E-state index is -0.478. The molecule has 3 aliphatic rings. The van der Waals surface area contributed by atoms with Gasteiger partial charge < -0.3 is 11.1 Å². The van der Waals surface area contributed by atoms with Crippen molar-refractivity contribution in [1.82, 2.24) is 10.2 Å². The zero-order valence-electron chi connectivity index (χ0n) is 13.6. The molecule has 0 heterocycles. The molecule has 2 atom stereocenters. The SMILES string of the molecule is CC(C)NC1(C(N)=O)CCCC(N(CC2CC2)C2CC2)C1. The molecule has 2 unspecified atom stereocenters. The zero-order valence-corrected chi connectivity index (χ0v) is 13.6. The number of nitrogens with two attached hydrogens (primary N) is 1. The number of nitrogens with zero attached hydrogens (tertiary/aromatic N) is 1. The first kappa shape index (κ1) is 15.3. The van der Waals surface area contributed by atoms with E-state index >= 15 is 0 Å². The highest BCUT2D eigenvalue weighted by molar-refractivity contribution is 5.85. The monoisotopic (exact) mass is 293 g/mol. The van der Waals surface area contributed by atoms with E-state index in [1.807, 2.05) is 0 Å². The summed E-state index contributed by atoms with van der Waals surface area (Å²) in [5.41, 5.74) is 5.32. The number of carbonyl (C=O) groups excluding carboxylic acids is 1. The highest BCUT2D eigenvalue weighted by Crippen LogP contribution is 2.40. The largest absolute Gasteiger partial charge is 0.368 e. The molecule has 0 aromatic rings. The van der Waals surface area contributed by atoms with Gasteiger partial charge in [0.1, 0.15) is 0 Å². The fourth-order valence-electron chi connectivity index (χ4n) is 4.11. The average molecular weight is 293 g/mol. The van der Waals surface area contributed by atoms with Gasteiger partial charge in [0.15, 0.2) is 0 Å². The highest BCUT2D eigenvalue weighted by atomic mass is 16.1. The molecule has 0 bridgehead atoms. The Morgan fingerprint density at radius 2 is 1.95 bits per heavy atom. The van der Waals surface area contributed by atoms with Crippen LogP contribution in [-0.2, 0) is 4.79 Å². The third-order valence-electron chi connectivity index (χ3n) is 5.41. The smallest absolute Gasteiger partial charge is 0.237 e. The lowest BCUT2D eigenvalue weighted by Crippen LogP contribution is -2.62. The molecule has 21 heavy (non-hydrogen) atoms. The molecule has 120 valence electrons. The third kappa shape index (κ3) is 3.59. The van der Waals surface area contributed by atoms with Gasteiger partial charge in [0.25, 0.3) is 0 Å². The van der Waals surface area contributed by atoms with E-state index in [2.05, 4.69) is 24.1 Å². The van der Waals surface area contributed by atoms with Gasteiger partial charge in [0.2, 0.25) is 5.91 Å². The summed E-state index contributed by atoms with van der Waals surface area (Å²) >= 11 is 0. The molecule has 0 radical (unpaired) electrons. The van der Waals surface area contributed by atoms with E-state index < -0.39 is 5.54 Å². The van der Waals surface area contributed by atoms with Crippen LogP contribution in [0.3, 0.4) is 0 Å². The summed E-state index contributed by atoms with van der Waals surface area (Å²) in [6.07, 6.45) is 9.67. The molecular weight excluding hydrogens is 262 g/mol. The van der Waals surface area contributed by atoms with E-state index in [1.165, 1.54) is 38.6 Å². The second-order valence-corrected chi connectivity index (χ2v) is 7.87. The van der Waals surface area contributed by atoms with Gasteiger partial charge in [-0.15, -0.1) is 0 Å². The molecule has 0 saturated heterocycles. The summed E-state index contributed by atoms with van der Waals surface area (Å²) < 4.78 is 0. The number of nitrogens with one attached hydrogen (secondary N) is 1. The summed E-state index contributed by atoms with van der Waals surface area (Å²) in [6, 6.07) is 1.64. The fourth-order valence-corrected chi connectivity index (χ4v) is 4.11. The molecule has 3 aliphatic carbocycles. The first-order valence-electron chi connectivity index (χ1n) is 8.83. The lowest BCUT2D eigenvalue weighted by atomic mass is 9.77. The van der Waals surface area contributed by atoms with Crippen molar-refractivity contribution in [2.75, 3.05) is 6.54 Å². The maximum absolute atomic E-state index is 12.1. The Morgan fingerprint density at radius 1 is 1.24 bits per heavy atom. The predicted molar refractivity (Wildman–Crippen MR) is 84.9 cm³/mol. The van der Waals surface area contributed by atoms with Crippen LogP contribution in [0.2, 0.25) is 0 Å². The molecule has 3 N–H and O–H groups in total. The molecular formula is C17H31N3O. The van der Waals surface area contributed by atoms with E-state index in [-0.39, 0.29) is 5.91 Å². The van der Waals surface area contributed by atoms with Gasteiger partial charge in [0, 0.05) is 24.7 Å². The fraction of sp³-hybridized carbons (Fsp3) is 0.941. The first-order valence-corrected chi connectivity index (χ1v) is 8.83. The lowest BCUT2D eigenvalue weighted by Gasteiger charge is -2.44. The Hall–Kier alpha value is -0.610. The van der Waals surface area contributed by atoms with Gasteiger partial charge in [-0.3, -0.25) is 9.69 Å². The number of carbonyl (C=O) groups is 1. The number of hydrogen-bond acceptors (Lipinski definition) is 3. The van der Waals surface area contributed by atoms with E-state index in [1.54, 1.807) is 0 Å². The van der Waals surface area contributed by atoms with Gasteiger partial charge in [0.05, 0.1) is 5.54 Å². The summed E-state index contributed by atoms with van der Waals surface area (Å²) in [5.74, 6) is 0.775. The second-order valence-electron chi connectivity index (χ2n) is 7.87. The minimum Gasteiger partial charge on any atom is -0.368 e. The van der Waals surface area contributed by atoms with Gasteiger partial charge in [-0.1, -0.05) is 0 Å². The second kappa shape index (κ2) is 5.88. The molecule has 1 amide bonds. The van der Waals surface area contributed by atoms with Gasteiger partial charge >= 0.3 is 0 Å². The quantitative estimate of drug-likeness (QED) is 0.755. The lowest BCUT2D eigenvalue weighted by molar-refractivity contribution is -0.127. The Kier molecular flexibility index (Phi) is 4.28. The molecule has 0 aliphatic heterocycles. The maximum Gasteiger partial charge on any atom is 0.237 e. The van der Waals surface area contributed by atoms with Crippen molar-refractivity contribution >= 4 is 5.91 Å². The topological polar surface area (TPSA) is 58.4 Å². The van der Waals surface area contributed by atoms with Crippen LogP contribution >= 0.6 is 0 Å². The van der Waals surface area contributed by atoms with Crippen molar-refractivity contribution in [2.24, 2.45) is 11.7 Å². The van der Waals surface area contributed by atoms with E-state index in [0.717, 1.165) is 31.2 Å². The van der Waals surface area contributed by atoms with Crippen LogP contribution in [0.15, 0.2) is 0 Å². The summed E-state index contributed by atoms with van der Waals surface area (Å²) in [6.45, 7) is 5.47. The van der Waals surface area contributed by atoms with Crippen molar-refractivity contribution < 1.29 is 4.79 Å².